The van der Waals surface area contributed by atoms with Gasteiger partial charge in [0.05, 0.1) is 18.3 Å². The molecule has 3 N–H and O–H groups in total. The van der Waals surface area contributed by atoms with Gasteiger partial charge in [0.1, 0.15) is 41.2 Å². The fourth-order valence-electron chi connectivity index (χ4n) is 6.54. The molecule has 0 radical (unpaired) electrons. The van der Waals surface area contributed by atoms with Crippen molar-refractivity contribution in [3.63, 3.8) is 0 Å². The van der Waals surface area contributed by atoms with E-state index >= 15 is 0 Å². The van der Waals surface area contributed by atoms with Crippen molar-refractivity contribution in [2.24, 2.45) is 5.92 Å². The molecule has 1 unspecified atom stereocenters. The first-order valence-electron chi connectivity index (χ1n) is 17.6. The second kappa shape index (κ2) is 15.4. The van der Waals surface area contributed by atoms with Crippen LogP contribution in [0, 0.1) is 11.7 Å². The molecule has 1 aromatic carbocycles. The van der Waals surface area contributed by atoms with Crippen LogP contribution in [0.5, 0.6) is 0 Å². The van der Waals surface area contributed by atoms with Crippen molar-refractivity contribution in [2.75, 3.05) is 6.54 Å². The molecule has 2 heterocycles. The van der Waals surface area contributed by atoms with Crippen LogP contribution in [0.4, 0.5) is 14.0 Å². The zero-order valence-electron chi connectivity index (χ0n) is 30.8. The Hall–Kier alpha value is -5.00. The summed E-state index contributed by atoms with van der Waals surface area (Å²) in [5.41, 5.74) is -1.75. The molecule has 294 valence electrons. The molecule has 2 aliphatic carbocycles. The molecule has 5 amide bonds. The lowest BCUT2D eigenvalue weighted by atomic mass is 10.1. The highest BCUT2D eigenvalue weighted by Crippen LogP contribution is 2.45. The largest absolute Gasteiger partial charge is 0.457 e. The van der Waals surface area contributed by atoms with Gasteiger partial charge >= 0.3 is 18.2 Å². The second-order valence-corrected chi connectivity index (χ2v) is 16.9. The van der Waals surface area contributed by atoms with Crippen LogP contribution < -0.4 is 15.4 Å². The Labute approximate surface area is 312 Å². The SMILES string of the molecule is C=C[C@@H]1C[C@]1(NC(=O)C1C[C@@H](OC(=O)N2Cc3cccc(F)c3C2)CN1C(=O)[C@@H](NC(=O)OC(C)(C)C)[C@@H](C)OC(=O)/C=C/C)C(=O)NS(=O)(=O)C1CC1. The summed E-state index contributed by atoms with van der Waals surface area (Å²) in [7, 11) is -3.99. The van der Waals surface area contributed by atoms with Crippen molar-refractivity contribution in [1.29, 1.82) is 0 Å². The number of hydrogen-bond acceptors (Lipinski definition) is 11. The maximum atomic E-state index is 14.4. The standard InChI is InChI=1S/C36H46FN5O11S/c1-7-10-28(43)51-20(3)29(38-33(47)53-35(4,5)6)31(45)42-18-23(52-34(48)41-17-21-11-9-12-26(37)25(21)19-41)15-27(42)30(44)39-36(16-22(36)8-2)32(46)40-54(49,50)24-13-14-24/h7-12,20,22-24,27,29H,2,13-19H2,1,3-6H3,(H,38,47)(H,39,44)(H,40,46)/b10-7+/t20-,22-,23-,27?,29+,36-/m1/s1. The van der Waals surface area contributed by atoms with Crippen LogP contribution in [0.2, 0.25) is 0 Å². The Kier molecular flexibility index (Phi) is 11.5. The minimum absolute atomic E-state index is 0.0280. The van der Waals surface area contributed by atoms with E-state index in [0.717, 1.165) is 11.0 Å². The Balaban J connectivity index is 1.41. The number of nitrogens with zero attached hydrogens (tertiary/aromatic N) is 2. The number of sulfonamides is 1. The van der Waals surface area contributed by atoms with Crippen molar-refractivity contribution in [3.05, 3.63) is 60.0 Å². The number of amides is 5. The molecule has 3 fully saturated rings. The Morgan fingerprint density at radius 3 is 2.41 bits per heavy atom. The summed E-state index contributed by atoms with van der Waals surface area (Å²) in [6.45, 7) is 11.0. The van der Waals surface area contributed by atoms with Crippen molar-refractivity contribution in [3.8, 4) is 0 Å². The maximum Gasteiger partial charge on any atom is 0.410 e. The van der Waals surface area contributed by atoms with Gasteiger partial charge in [-0.1, -0.05) is 24.3 Å². The molecule has 18 heteroatoms. The molecule has 2 aliphatic heterocycles. The zero-order chi connectivity index (χ0) is 39.7. The molecular formula is C36H46FN5O11S. The van der Waals surface area contributed by atoms with Crippen molar-refractivity contribution in [2.45, 2.75) is 114 Å². The molecule has 1 saturated heterocycles. The lowest BCUT2D eigenvalue weighted by molar-refractivity contribution is -0.150. The Morgan fingerprint density at radius 1 is 1.11 bits per heavy atom. The monoisotopic (exact) mass is 775 g/mol. The quantitative estimate of drug-likeness (QED) is 0.122. The van der Waals surface area contributed by atoms with Gasteiger partial charge in [-0.2, -0.15) is 0 Å². The van der Waals surface area contributed by atoms with Gasteiger partial charge in [0.2, 0.25) is 21.8 Å². The third-order valence-corrected chi connectivity index (χ3v) is 11.4. The molecule has 4 aliphatic rings. The first-order chi connectivity index (χ1) is 25.3. The van der Waals surface area contributed by atoms with Crippen molar-refractivity contribution in [1.82, 2.24) is 25.2 Å². The van der Waals surface area contributed by atoms with E-state index < -0.39 is 98.3 Å². The predicted molar refractivity (Wildman–Crippen MR) is 189 cm³/mol. The van der Waals surface area contributed by atoms with Gasteiger partial charge in [-0.15, -0.1) is 6.58 Å². The molecule has 0 aromatic heterocycles. The van der Waals surface area contributed by atoms with Crippen LogP contribution in [-0.4, -0.2) is 101 Å². The van der Waals surface area contributed by atoms with Crippen molar-refractivity contribution < 1.29 is 55.8 Å². The maximum absolute atomic E-state index is 14.4. The third kappa shape index (κ3) is 9.02. The summed E-state index contributed by atoms with van der Waals surface area (Å²) in [5.74, 6) is -4.69. The van der Waals surface area contributed by atoms with Gasteiger partial charge in [-0.05, 0) is 65.5 Å². The summed E-state index contributed by atoms with van der Waals surface area (Å²) in [6, 6.07) is 1.44. The van der Waals surface area contributed by atoms with E-state index in [0.29, 0.717) is 24.0 Å². The molecule has 0 spiro atoms. The van der Waals surface area contributed by atoms with Gasteiger partial charge in [0.15, 0.2) is 0 Å². The summed E-state index contributed by atoms with van der Waals surface area (Å²) in [6.07, 6.45) is 0.182. The number of rotatable bonds is 12. The fraction of sp³-hybridized carbons (Fsp3) is 0.556. The number of ether oxygens (including phenoxy) is 3. The first kappa shape index (κ1) is 40.2. The summed E-state index contributed by atoms with van der Waals surface area (Å²) < 4.78 is 58.3. The average Bonchev–Trinajstić information content (AvgIpc) is 3.97. The minimum atomic E-state index is -3.99. The van der Waals surface area contributed by atoms with E-state index in [1.54, 1.807) is 33.8 Å². The second-order valence-electron chi connectivity index (χ2n) is 14.9. The van der Waals surface area contributed by atoms with Crippen LogP contribution >= 0.6 is 0 Å². The number of hydrogen-bond donors (Lipinski definition) is 3. The van der Waals surface area contributed by atoms with Crippen LogP contribution in [-0.2, 0) is 56.5 Å². The molecular weight excluding hydrogens is 729 g/mol. The van der Waals surface area contributed by atoms with E-state index in [1.165, 1.54) is 36.1 Å². The highest BCUT2D eigenvalue weighted by Gasteiger charge is 2.62. The lowest BCUT2D eigenvalue weighted by Crippen LogP contribution is -2.60. The molecule has 2 saturated carbocycles. The molecule has 6 atom stereocenters. The molecule has 1 aromatic rings. The number of likely N-dealkylation sites (tertiary alicyclic amines) is 1. The van der Waals surface area contributed by atoms with E-state index in [2.05, 4.69) is 21.9 Å². The molecule has 0 bridgehead atoms. The summed E-state index contributed by atoms with van der Waals surface area (Å²) in [5, 5.41) is 4.35. The van der Waals surface area contributed by atoms with Crippen LogP contribution in [0.3, 0.4) is 0 Å². The number of benzene rings is 1. The van der Waals surface area contributed by atoms with E-state index in [4.69, 9.17) is 14.2 Å². The van der Waals surface area contributed by atoms with Crippen LogP contribution in [0.1, 0.15) is 71.4 Å². The van der Waals surface area contributed by atoms with Gasteiger partial charge in [-0.3, -0.25) is 24.0 Å². The fourth-order valence-corrected chi connectivity index (χ4v) is 7.90. The Bertz CT molecular complexity index is 1860. The summed E-state index contributed by atoms with van der Waals surface area (Å²) >= 11 is 0. The van der Waals surface area contributed by atoms with E-state index in [1.807, 2.05) is 0 Å². The van der Waals surface area contributed by atoms with Gasteiger partial charge in [-0.25, -0.2) is 27.2 Å². The number of carbonyl (C=O) groups excluding carboxylic acids is 6. The van der Waals surface area contributed by atoms with Gasteiger partial charge in [0.25, 0.3) is 5.91 Å². The number of halogens is 1. The van der Waals surface area contributed by atoms with E-state index in [9.17, 15) is 41.6 Å². The highest BCUT2D eigenvalue weighted by molar-refractivity contribution is 7.91. The van der Waals surface area contributed by atoms with Crippen LogP contribution in [0.25, 0.3) is 0 Å². The van der Waals surface area contributed by atoms with Crippen LogP contribution in [0.15, 0.2) is 43.0 Å². The normalized spacial score (nSPS) is 24.5. The number of allylic oxidation sites excluding steroid dienone is 1. The number of esters is 1. The molecule has 54 heavy (non-hydrogen) atoms. The smallest absolute Gasteiger partial charge is 0.410 e. The zero-order valence-corrected chi connectivity index (χ0v) is 31.6. The average molecular weight is 776 g/mol. The predicted octanol–water partition coefficient (Wildman–Crippen LogP) is 2.32. The lowest BCUT2D eigenvalue weighted by Gasteiger charge is -2.32. The molecule has 16 nitrogen and oxygen atoms in total. The number of nitrogens with one attached hydrogen (secondary N) is 3. The number of fused-ring (bicyclic) bond motifs is 1. The number of alkyl carbamates (subject to hydrolysis) is 1. The van der Waals surface area contributed by atoms with Gasteiger partial charge in [0, 0.05) is 30.5 Å². The first-order valence-corrected chi connectivity index (χ1v) is 19.2. The summed E-state index contributed by atoms with van der Waals surface area (Å²) in [4.78, 5) is 83.0. The highest BCUT2D eigenvalue weighted by atomic mass is 32.2. The third-order valence-electron chi connectivity index (χ3n) is 9.56. The minimum Gasteiger partial charge on any atom is -0.457 e. The topological polar surface area (TPSA) is 207 Å². The van der Waals surface area contributed by atoms with Crippen molar-refractivity contribution >= 4 is 45.9 Å². The molecule has 5 rings (SSSR count). The van der Waals surface area contributed by atoms with Gasteiger partial charge < -0.3 is 29.7 Å². The van der Waals surface area contributed by atoms with E-state index in [-0.39, 0.29) is 32.5 Å². The Morgan fingerprint density at radius 2 is 1.81 bits per heavy atom. The number of carbonyl (C=O) groups is 6.